The van der Waals surface area contributed by atoms with Gasteiger partial charge >= 0.3 is 0 Å². The van der Waals surface area contributed by atoms with Crippen molar-refractivity contribution in [3.05, 3.63) is 35.1 Å². The molecular formula is C14H20ClF3N2. The molecule has 1 fully saturated rings. The zero-order chi connectivity index (χ0) is 13.8. The number of hydrogen-bond acceptors (Lipinski definition) is 2. The quantitative estimate of drug-likeness (QED) is 0.841. The van der Waals surface area contributed by atoms with E-state index in [0.29, 0.717) is 18.2 Å². The minimum atomic E-state index is -1.40. The van der Waals surface area contributed by atoms with Gasteiger partial charge in [-0.15, -0.1) is 12.4 Å². The maximum Gasteiger partial charge on any atom is 0.194 e. The molecule has 0 radical (unpaired) electrons. The van der Waals surface area contributed by atoms with Crippen LogP contribution in [0, 0.1) is 17.5 Å². The maximum atomic E-state index is 13.2. The Balaban J connectivity index is 0.00000200. The van der Waals surface area contributed by atoms with Gasteiger partial charge in [0.1, 0.15) is 0 Å². The monoisotopic (exact) mass is 308 g/mol. The van der Waals surface area contributed by atoms with Crippen molar-refractivity contribution in [3.63, 3.8) is 0 Å². The fourth-order valence-electron chi connectivity index (χ4n) is 2.56. The van der Waals surface area contributed by atoms with Gasteiger partial charge in [-0.25, -0.2) is 13.2 Å². The van der Waals surface area contributed by atoms with Crippen LogP contribution in [-0.2, 0) is 6.54 Å². The second-order valence-electron chi connectivity index (χ2n) is 4.99. The van der Waals surface area contributed by atoms with Crippen LogP contribution in [0.5, 0.6) is 0 Å². The molecule has 1 atom stereocenters. The number of hydrogen-bond donors (Lipinski definition) is 1. The number of benzene rings is 1. The first-order valence-electron chi connectivity index (χ1n) is 6.70. The van der Waals surface area contributed by atoms with E-state index >= 15 is 0 Å². The van der Waals surface area contributed by atoms with Crippen LogP contribution in [0.2, 0.25) is 0 Å². The average Bonchev–Trinajstić information content (AvgIpc) is 2.89. The van der Waals surface area contributed by atoms with Gasteiger partial charge in [0, 0.05) is 19.1 Å². The van der Waals surface area contributed by atoms with Crippen molar-refractivity contribution >= 4 is 12.4 Å². The van der Waals surface area contributed by atoms with Gasteiger partial charge < -0.3 is 5.32 Å². The second kappa shape index (κ2) is 7.86. The van der Waals surface area contributed by atoms with E-state index in [1.165, 1.54) is 0 Å². The first-order chi connectivity index (χ1) is 9.11. The summed E-state index contributed by atoms with van der Waals surface area (Å²) in [5.41, 5.74) is 0.483. The molecule has 0 amide bonds. The van der Waals surface area contributed by atoms with E-state index < -0.39 is 17.5 Å². The zero-order valence-corrected chi connectivity index (χ0v) is 12.3. The Labute approximate surface area is 123 Å². The van der Waals surface area contributed by atoms with Crippen LogP contribution in [0.15, 0.2) is 12.1 Å². The van der Waals surface area contributed by atoms with Crippen LogP contribution in [0.25, 0.3) is 0 Å². The summed E-state index contributed by atoms with van der Waals surface area (Å²) in [5.74, 6) is -3.62. The lowest BCUT2D eigenvalue weighted by atomic mass is 10.1. The van der Waals surface area contributed by atoms with Crippen molar-refractivity contribution in [2.45, 2.75) is 32.4 Å². The lowest BCUT2D eigenvalue weighted by molar-refractivity contribution is 0.199. The van der Waals surface area contributed by atoms with E-state index in [0.717, 1.165) is 44.6 Å². The molecular weight excluding hydrogens is 289 g/mol. The molecule has 1 saturated heterocycles. The number of rotatable bonds is 5. The summed E-state index contributed by atoms with van der Waals surface area (Å²) in [4.78, 5) is 2.20. The van der Waals surface area contributed by atoms with Crippen LogP contribution < -0.4 is 5.32 Å². The molecule has 2 nitrogen and oxygen atoms in total. The topological polar surface area (TPSA) is 15.3 Å². The molecule has 6 heteroatoms. The van der Waals surface area contributed by atoms with Gasteiger partial charge in [-0.1, -0.05) is 6.92 Å². The van der Waals surface area contributed by atoms with Gasteiger partial charge in [-0.3, -0.25) is 4.90 Å². The van der Waals surface area contributed by atoms with Gasteiger partial charge in [0.25, 0.3) is 0 Å². The molecule has 1 unspecified atom stereocenters. The van der Waals surface area contributed by atoms with Gasteiger partial charge in [0.15, 0.2) is 17.5 Å². The molecule has 0 aromatic heterocycles. The third-order valence-electron chi connectivity index (χ3n) is 3.49. The molecule has 2 rings (SSSR count). The Bertz CT molecular complexity index is 413. The summed E-state index contributed by atoms with van der Waals surface area (Å²) in [7, 11) is 0. The molecule has 1 aliphatic rings. The highest BCUT2D eigenvalue weighted by atomic mass is 35.5. The van der Waals surface area contributed by atoms with Crippen LogP contribution in [-0.4, -0.2) is 30.6 Å². The van der Waals surface area contributed by atoms with Crippen LogP contribution in [0.1, 0.15) is 25.3 Å². The molecule has 1 aromatic rings. The van der Waals surface area contributed by atoms with Crippen molar-refractivity contribution in [2.75, 3.05) is 19.6 Å². The van der Waals surface area contributed by atoms with Crippen molar-refractivity contribution in [1.82, 2.24) is 10.2 Å². The molecule has 0 saturated carbocycles. The lowest BCUT2D eigenvalue weighted by Gasteiger charge is -2.28. The Hall–Kier alpha value is -0.780. The van der Waals surface area contributed by atoms with Crippen molar-refractivity contribution in [3.8, 4) is 0 Å². The minimum absolute atomic E-state index is 0. The summed E-state index contributed by atoms with van der Waals surface area (Å²) in [6.07, 6.45) is 2.01. The van der Waals surface area contributed by atoms with E-state index in [1.54, 1.807) is 0 Å². The summed E-state index contributed by atoms with van der Waals surface area (Å²) < 4.78 is 39.3. The molecule has 1 aliphatic heterocycles. The Morgan fingerprint density at radius 1 is 1.25 bits per heavy atom. The average molecular weight is 309 g/mol. The third kappa shape index (κ3) is 4.11. The molecule has 1 N–H and O–H groups in total. The van der Waals surface area contributed by atoms with Crippen LogP contribution in [0.4, 0.5) is 13.2 Å². The van der Waals surface area contributed by atoms with Crippen molar-refractivity contribution < 1.29 is 13.2 Å². The smallest absolute Gasteiger partial charge is 0.194 e. The number of halogens is 4. The minimum Gasteiger partial charge on any atom is -0.315 e. The molecule has 114 valence electrons. The largest absolute Gasteiger partial charge is 0.315 e. The molecule has 0 bridgehead atoms. The van der Waals surface area contributed by atoms with Crippen molar-refractivity contribution in [1.29, 1.82) is 0 Å². The summed E-state index contributed by atoms with van der Waals surface area (Å²) in [6, 6.07) is 2.56. The maximum absolute atomic E-state index is 13.2. The highest BCUT2D eigenvalue weighted by molar-refractivity contribution is 5.85. The van der Waals surface area contributed by atoms with E-state index in [2.05, 4.69) is 17.1 Å². The number of nitrogens with one attached hydrogen (secondary N) is 1. The Morgan fingerprint density at radius 2 is 1.90 bits per heavy atom. The van der Waals surface area contributed by atoms with Gasteiger partial charge in [-0.05, 0) is 43.6 Å². The third-order valence-corrected chi connectivity index (χ3v) is 3.49. The van der Waals surface area contributed by atoms with Crippen LogP contribution >= 0.6 is 12.4 Å². The normalized spacial score (nSPS) is 18.4. The molecule has 0 aliphatic carbocycles. The van der Waals surface area contributed by atoms with Crippen molar-refractivity contribution in [2.24, 2.45) is 0 Å². The predicted octanol–water partition coefficient (Wildman–Crippen LogP) is 3.10. The first kappa shape index (κ1) is 17.3. The summed E-state index contributed by atoms with van der Waals surface area (Å²) in [5, 5.41) is 3.28. The molecule has 0 spiro atoms. The van der Waals surface area contributed by atoms with E-state index in [4.69, 9.17) is 0 Å². The highest BCUT2D eigenvalue weighted by Crippen LogP contribution is 2.18. The van der Waals surface area contributed by atoms with Gasteiger partial charge in [0.05, 0.1) is 0 Å². The SMILES string of the molecule is CCCN(Cc1cc(F)c(F)c(F)c1)C1CCNC1.Cl. The molecule has 1 aromatic carbocycles. The van der Waals surface area contributed by atoms with Crippen LogP contribution in [0.3, 0.4) is 0 Å². The molecule has 1 heterocycles. The number of nitrogens with zero attached hydrogens (tertiary/aromatic N) is 1. The predicted molar refractivity (Wildman–Crippen MR) is 75.5 cm³/mol. The highest BCUT2D eigenvalue weighted by Gasteiger charge is 2.22. The molecule has 20 heavy (non-hydrogen) atoms. The zero-order valence-electron chi connectivity index (χ0n) is 11.5. The lowest BCUT2D eigenvalue weighted by Crippen LogP contribution is -2.37. The first-order valence-corrected chi connectivity index (χ1v) is 6.70. The van der Waals surface area contributed by atoms with E-state index in [-0.39, 0.29) is 12.4 Å². The Kier molecular flexibility index (Phi) is 6.79. The van der Waals surface area contributed by atoms with E-state index in [9.17, 15) is 13.2 Å². The van der Waals surface area contributed by atoms with Gasteiger partial charge in [0.2, 0.25) is 0 Å². The fraction of sp³-hybridized carbons (Fsp3) is 0.571. The Morgan fingerprint density at radius 3 is 2.40 bits per heavy atom. The second-order valence-corrected chi connectivity index (χ2v) is 4.99. The fourth-order valence-corrected chi connectivity index (χ4v) is 2.56. The van der Waals surface area contributed by atoms with E-state index in [1.807, 2.05) is 0 Å². The standard InChI is InChI=1S/C14H19F3N2.ClH/c1-2-5-19(11-3-4-18-8-11)9-10-6-12(15)14(17)13(16)7-10;/h6-7,11,18H,2-5,8-9H2,1H3;1H. The summed E-state index contributed by atoms with van der Waals surface area (Å²) in [6.45, 7) is 5.26. The summed E-state index contributed by atoms with van der Waals surface area (Å²) >= 11 is 0. The van der Waals surface area contributed by atoms with Gasteiger partial charge in [-0.2, -0.15) is 0 Å².